The lowest BCUT2D eigenvalue weighted by Crippen LogP contribution is -2.28. The van der Waals surface area contributed by atoms with Crippen LogP contribution in [-0.4, -0.2) is 18.4 Å². The number of benzene rings is 2. The predicted molar refractivity (Wildman–Crippen MR) is 111 cm³/mol. The van der Waals surface area contributed by atoms with E-state index in [0.717, 1.165) is 14.8 Å². The summed E-state index contributed by atoms with van der Waals surface area (Å²) >= 11 is 2.21. The number of hydrogen-bond acceptors (Lipinski definition) is 3. The normalized spacial score (nSPS) is 10.5. The molecule has 2 N–H and O–H groups in total. The summed E-state index contributed by atoms with van der Waals surface area (Å²) < 4.78 is 6.56. The maximum absolute atomic E-state index is 11.9. The van der Waals surface area contributed by atoms with Gasteiger partial charge in [-0.2, -0.15) is 0 Å². The van der Waals surface area contributed by atoms with Gasteiger partial charge in [0.2, 0.25) is 5.91 Å². The number of anilines is 1. The van der Waals surface area contributed by atoms with E-state index in [1.807, 2.05) is 62.4 Å². The van der Waals surface area contributed by atoms with E-state index in [0.29, 0.717) is 24.6 Å². The zero-order chi connectivity index (χ0) is 18.9. The van der Waals surface area contributed by atoms with Gasteiger partial charge in [0.05, 0.1) is 0 Å². The van der Waals surface area contributed by atoms with E-state index >= 15 is 0 Å². The number of amides is 2. The Labute approximate surface area is 167 Å². The third-order valence-corrected chi connectivity index (χ3v) is 4.20. The van der Waals surface area contributed by atoms with Gasteiger partial charge in [0.25, 0.3) is 5.91 Å². The first-order valence-electron chi connectivity index (χ1n) is 8.46. The standard InChI is InChI=1S/C20H23IN2O3/c1-14(2)10-19(24)23-17-5-3-4-15(11-17)12-22-20(25)13-26-18-8-6-16(21)7-9-18/h3-9,11,14H,10,12-13H2,1-2H3,(H,22,25)(H,23,24). The van der Waals surface area contributed by atoms with Crippen LogP contribution >= 0.6 is 22.6 Å². The molecule has 26 heavy (non-hydrogen) atoms. The largest absolute Gasteiger partial charge is 0.484 e. The van der Waals surface area contributed by atoms with Crippen molar-refractivity contribution in [3.8, 4) is 5.75 Å². The summed E-state index contributed by atoms with van der Waals surface area (Å²) in [6.45, 7) is 4.35. The van der Waals surface area contributed by atoms with Gasteiger partial charge in [0.1, 0.15) is 5.75 Å². The molecule has 2 amide bonds. The van der Waals surface area contributed by atoms with E-state index < -0.39 is 0 Å². The highest BCUT2D eigenvalue weighted by Gasteiger charge is 2.07. The first kappa shape index (κ1) is 20.2. The first-order valence-corrected chi connectivity index (χ1v) is 9.54. The Morgan fingerprint density at radius 3 is 2.50 bits per heavy atom. The molecule has 6 heteroatoms. The van der Waals surface area contributed by atoms with Crippen LogP contribution in [-0.2, 0) is 16.1 Å². The topological polar surface area (TPSA) is 67.4 Å². The van der Waals surface area contributed by atoms with Crippen LogP contribution in [0.15, 0.2) is 48.5 Å². The number of rotatable bonds is 8. The summed E-state index contributed by atoms with van der Waals surface area (Å²) in [5.74, 6) is 0.769. The molecule has 0 aliphatic carbocycles. The van der Waals surface area contributed by atoms with Gasteiger partial charge in [-0.25, -0.2) is 0 Å². The number of carbonyl (C=O) groups excluding carboxylic acids is 2. The molecule has 0 bridgehead atoms. The number of carbonyl (C=O) groups is 2. The molecule has 0 radical (unpaired) electrons. The van der Waals surface area contributed by atoms with Crippen molar-refractivity contribution < 1.29 is 14.3 Å². The van der Waals surface area contributed by atoms with Crippen LogP contribution in [0.1, 0.15) is 25.8 Å². The summed E-state index contributed by atoms with van der Waals surface area (Å²) in [6, 6.07) is 15.0. The van der Waals surface area contributed by atoms with Crippen LogP contribution in [0.4, 0.5) is 5.69 Å². The molecular weight excluding hydrogens is 443 g/mol. The maximum atomic E-state index is 11.9. The van der Waals surface area contributed by atoms with Gasteiger partial charge in [-0.3, -0.25) is 9.59 Å². The van der Waals surface area contributed by atoms with Crippen molar-refractivity contribution in [2.45, 2.75) is 26.8 Å². The van der Waals surface area contributed by atoms with E-state index in [4.69, 9.17) is 4.74 Å². The second kappa shape index (κ2) is 10.2. The molecule has 0 aliphatic rings. The molecule has 2 aromatic rings. The summed E-state index contributed by atoms with van der Waals surface area (Å²) in [6.07, 6.45) is 0.483. The van der Waals surface area contributed by atoms with Gasteiger partial charge in [0, 0.05) is 22.2 Å². The Balaban J connectivity index is 1.79. The fourth-order valence-electron chi connectivity index (χ4n) is 2.27. The first-order chi connectivity index (χ1) is 12.4. The zero-order valence-corrected chi connectivity index (χ0v) is 17.1. The SMILES string of the molecule is CC(C)CC(=O)Nc1cccc(CNC(=O)COc2ccc(I)cc2)c1. The van der Waals surface area contributed by atoms with Crippen LogP contribution in [0.3, 0.4) is 0 Å². The Kier molecular flexibility index (Phi) is 7.90. The fraction of sp³-hybridized carbons (Fsp3) is 0.300. The van der Waals surface area contributed by atoms with Gasteiger partial charge in [-0.1, -0.05) is 26.0 Å². The second-order valence-electron chi connectivity index (χ2n) is 6.37. The Hall–Kier alpha value is -2.09. The van der Waals surface area contributed by atoms with Gasteiger partial charge in [-0.15, -0.1) is 0 Å². The highest BCUT2D eigenvalue weighted by Crippen LogP contribution is 2.14. The second-order valence-corrected chi connectivity index (χ2v) is 7.61. The molecule has 0 fully saturated rings. The highest BCUT2D eigenvalue weighted by atomic mass is 127. The van der Waals surface area contributed by atoms with Crippen LogP contribution in [0.2, 0.25) is 0 Å². The van der Waals surface area contributed by atoms with E-state index in [1.54, 1.807) is 0 Å². The van der Waals surface area contributed by atoms with Crippen molar-refractivity contribution in [3.05, 3.63) is 57.7 Å². The molecule has 0 heterocycles. The number of hydrogen-bond donors (Lipinski definition) is 2. The maximum Gasteiger partial charge on any atom is 0.258 e. The zero-order valence-electron chi connectivity index (χ0n) is 14.9. The summed E-state index contributed by atoms with van der Waals surface area (Å²) in [5, 5.41) is 5.69. The Bertz CT molecular complexity index is 745. The molecule has 0 saturated heterocycles. The quantitative estimate of drug-likeness (QED) is 0.579. The van der Waals surface area contributed by atoms with Crippen molar-refractivity contribution in [2.24, 2.45) is 5.92 Å². The molecule has 2 aromatic carbocycles. The van der Waals surface area contributed by atoms with Crippen LogP contribution in [0, 0.1) is 9.49 Å². The highest BCUT2D eigenvalue weighted by molar-refractivity contribution is 14.1. The monoisotopic (exact) mass is 466 g/mol. The molecule has 0 aliphatic heterocycles. The molecule has 0 spiro atoms. The summed E-state index contributed by atoms with van der Waals surface area (Å²) in [5.41, 5.74) is 1.65. The summed E-state index contributed by atoms with van der Waals surface area (Å²) in [7, 11) is 0. The number of nitrogens with one attached hydrogen (secondary N) is 2. The smallest absolute Gasteiger partial charge is 0.258 e. The lowest BCUT2D eigenvalue weighted by Gasteiger charge is -2.10. The average molecular weight is 466 g/mol. The van der Waals surface area contributed by atoms with Crippen LogP contribution < -0.4 is 15.4 Å². The van der Waals surface area contributed by atoms with Crippen molar-refractivity contribution in [3.63, 3.8) is 0 Å². The van der Waals surface area contributed by atoms with Crippen LogP contribution in [0.5, 0.6) is 5.75 Å². The van der Waals surface area contributed by atoms with Crippen molar-refractivity contribution in [1.29, 1.82) is 0 Å². The van der Waals surface area contributed by atoms with E-state index in [2.05, 4.69) is 33.2 Å². The molecule has 2 rings (SSSR count). The minimum absolute atomic E-state index is 0.00731. The fourth-order valence-corrected chi connectivity index (χ4v) is 2.63. The van der Waals surface area contributed by atoms with Crippen LogP contribution in [0.25, 0.3) is 0 Å². The van der Waals surface area contributed by atoms with Crippen molar-refractivity contribution >= 4 is 40.1 Å². The van der Waals surface area contributed by atoms with Crippen molar-refractivity contribution in [1.82, 2.24) is 5.32 Å². The van der Waals surface area contributed by atoms with Gasteiger partial charge in [0.15, 0.2) is 6.61 Å². The van der Waals surface area contributed by atoms with E-state index in [9.17, 15) is 9.59 Å². The molecular formula is C20H23IN2O3. The molecule has 138 valence electrons. The molecule has 0 saturated carbocycles. The number of halogens is 1. The molecule has 0 aromatic heterocycles. The molecule has 0 unspecified atom stereocenters. The van der Waals surface area contributed by atoms with E-state index in [1.165, 1.54) is 0 Å². The number of ether oxygens (including phenoxy) is 1. The lowest BCUT2D eigenvalue weighted by atomic mass is 10.1. The Morgan fingerprint density at radius 1 is 1.08 bits per heavy atom. The minimum Gasteiger partial charge on any atom is -0.484 e. The molecule has 5 nitrogen and oxygen atoms in total. The predicted octanol–water partition coefficient (Wildman–Crippen LogP) is 3.97. The third-order valence-electron chi connectivity index (χ3n) is 3.48. The van der Waals surface area contributed by atoms with Crippen molar-refractivity contribution in [2.75, 3.05) is 11.9 Å². The minimum atomic E-state index is -0.196. The molecule has 0 atom stereocenters. The average Bonchev–Trinajstić information content (AvgIpc) is 2.59. The lowest BCUT2D eigenvalue weighted by molar-refractivity contribution is -0.123. The van der Waals surface area contributed by atoms with Gasteiger partial charge in [-0.05, 0) is 70.5 Å². The van der Waals surface area contributed by atoms with Gasteiger partial charge < -0.3 is 15.4 Å². The van der Waals surface area contributed by atoms with Gasteiger partial charge >= 0.3 is 0 Å². The summed E-state index contributed by atoms with van der Waals surface area (Å²) in [4.78, 5) is 23.8. The Morgan fingerprint density at radius 2 is 1.81 bits per heavy atom. The van der Waals surface area contributed by atoms with E-state index in [-0.39, 0.29) is 18.4 Å². The third kappa shape index (κ3) is 7.43.